The summed E-state index contributed by atoms with van der Waals surface area (Å²) in [5, 5.41) is 10.5. The number of aromatic nitrogens is 3. The third-order valence-electron chi connectivity index (χ3n) is 4.02. The molecule has 20 heavy (non-hydrogen) atoms. The molecule has 2 aliphatic rings. The first kappa shape index (κ1) is 13.5. The molecule has 2 fully saturated rings. The van der Waals surface area contributed by atoms with E-state index >= 15 is 0 Å². The average molecular weight is 284 g/mol. The van der Waals surface area contributed by atoms with Crippen molar-refractivity contribution < 1.29 is 13.6 Å². The lowest BCUT2D eigenvalue weighted by Crippen LogP contribution is -2.37. The Balaban J connectivity index is 1.55. The first-order chi connectivity index (χ1) is 9.55. The van der Waals surface area contributed by atoms with Crippen LogP contribution in [0.4, 0.5) is 8.78 Å². The molecule has 7 heteroatoms. The SMILES string of the molecule is O=C(NCc1nncn1C1CC1)C1CCCC(F)(F)C1. The normalized spacial score (nSPS) is 25.4. The second-order valence-electron chi connectivity index (χ2n) is 5.75. The van der Waals surface area contributed by atoms with E-state index in [0.717, 1.165) is 12.8 Å². The number of halogens is 2. The zero-order valence-corrected chi connectivity index (χ0v) is 11.2. The highest BCUT2D eigenvalue weighted by Crippen LogP contribution is 2.37. The first-order valence-electron chi connectivity index (χ1n) is 7.09. The van der Waals surface area contributed by atoms with E-state index in [1.807, 2.05) is 4.57 Å². The Hall–Kier alpha value is -1.53. The van der Waals surface area contributed by atoms with Gasteiger partial charge in [-0.3, -0.25) is 4.79 Å². The summed E-state index contributed by atoms with van der Waals surface area (Å²) in [7, 11) is 0. The summed E-state index contributed by atoms with van der Waals surface area (Å²) in [6.45, 7) is 0.261. The van der Waals surface area contributed by atoms with Crippen molar-refractivity contribution in [2.24, 2.45) is 5.92 Å². The highest BCUT2D eigenvalue weighted by molar-refractivity contribution is 5.78. The Morgan fingerprint density at radius 3 is 2.95 bits per heavy atom. The minimum atomic E-state index is -2.70. The van der Waals surface area contributed by atoms with Crippen molar-refractivity contribution in [3.8, 4) is 0 Å². The Morgan fingerprint density at radius 2 is 2.25 bits per heavy atom. The third kappa shape index (κ3) is 2.96. The molecule has 1 N–H and O–H groups in total. The molecule has 0 spiro atoms. The van der Waals surface area contributed by atoms with Crippen LogP contribution >= 0.6 is 0 Å². The molecule has 1 amide bonds. The predicted octanol–water partition coefficient (Wildman–Crippen LogP) is 2.05. The van der Waals surface area contributed by atoms with Gasteiger partial charge in [0.25, 0.3) is 0 Å². The second kappa shape index (κ2) is 5.10. The number of hydrogen-bond acceptors (Lipinski definition) is 3. The quantitative estimate of drug-likeness (QED) is 0.920. The zero-order valence-electron chi connectivity index (χ0n) is 11.2. The molecule has 0 saturated heterocycles. The largest absolute Gasteiger partial charge is 0.349 e. The number of nitrogens with zero attached hydrogens (tertiary/aromatic N) is 3. The van der Waals surface area contributed by atoms with E-state index in [4.69, 9.17) is 0 Å². The van der Waals surface area contributed by atoms with Crippen LogP contribution in [0.5, 0.6) is 0 Å². The summed E-state index contributed by atoms with van der Waals surface area (Å²) >= 11 is 0. The molecule has 1 atom stereocenters. The fourth-order valence-corrected chi connectivity index (χ4v) is 2.76. The molecule has 3 rings (SSSR count). The Labute approximate surface area is 115 Å². The fourth-order valence-electron chi connectivity index (χ4n) is 2.76. The average Bonchev–Trinajstić information content (AvgIpc) is 3.14. The molecule has 5 nitrogen and oxygen atoms in total. The minimum absolute atomic E-state index is 0.104. The predicted molar refractivity (Wildman–Crippen MR) is 67.0 cm³/mol. The van der Waals surface area contributed by atoms with Gasteiger partial charge in [0.05, 0.1) is 6.54 Å². The van der Waals surface area contributed by atoms with Gasteiger partial charge in [-0.1, -0.05) is 0 Å². The highest BCUT2D eigenvalue weighted by atomic mass is 19.3. The second-order valence-corrected chi connectivity index (χ2v) is 5.75. The molecule has 1 aromatic heterocycles. The van der Waals surface area contributed by atoms with Crippen molar-refractivity contribution in [1.82, 2.24) is 20.1 Å². The lowest BCUT2D eigenvalue weighted by molar-refractivity contribution is -0.132. The number of carbonyl (C=O) groups is 1. The van der Waals surface area contributed by atoms with E-state index in [9.17, 15) is 13.6 Å². The van der Waals surface area contributed by atoms with Gasteiger partial charge in [-0.2, -0.15) is 0 Å². The van der Waals surface area contributed by atoms with Gasteiger partial charge in [0.15, 0.2) is 5.82 Å². The van der Waals surface area contributed by atoms with Crippen molar-refractivity contribution in [2.75, 3.05) is 0 Å². The molecule has 0 bridgehead atoms. The highest BCUT2D eigenvalue weighted by Gasteiger charge is 2.39. The molecule has 0 aliphatic heterocycles. The molecular weight excluding hydrogens is 266 g/mol. The van der Waals surface area contributed by atoms with Crippen molar-refractivity contribution >= 4 is 5.91 Å². The number of nitrogens with one attached hydrogen (secondary N) is 1. The molecule has 110 valence electrons. The van der Waals surface area contributed by atoms with Crippen molar-refractivity contribution in [3.05, 3.63) is 12.2 Å². The summed E-state index contributed by atoms with van der Waals surface area (Å²) in [6.07, 6.45) is 4.37. The number of carbonyl (C=O) groups excluding carboxylic acids is 1. The molecule has 1 aromatic rings. The van der Waals surface area contributed by atoms with Gasteiger partial charge in [0.2, 0.25) is 11.8 Å². The third-order valence-corrected chi connectivity index (χ3v) is 4.02. The van der Waals surface area contributed by atoms with E-state index in [-0.39, 0.29) is 25.3 Å². The summed E-state index contributed by atoms with van der Waals surface area (Å²) < 4.78 is 28.6. The van der Waals surface area contributed by atoms with Crippen LogP contribution in [-0.2, 0) is 11.3 Å². The maximum absolute atomic E-state index is 13.3. The lowest BCUT2D eigenvalue weighted by atomic mass is 9.86. The maximum atomic E-state index is 13.3. The molecule has 1 heterocycles. The number of hydrogen-bond donors (Lipinski definition) is 1. The summed E-state index contributed by atoms with van der Waals surface area (Å²) in [4.78, 5) is 12.0. The van der Waals surface area contributed by atoms with Gasteiger partial charge >= 0.3 is 0 Å². The Kier molecular flexibility index (Phi) is 3.43. The lowest BCUT2D eigenvalue weighted by Gasteiger charge is -2.27. The van der Waals surface area contributed by atoms with Crippen LogP contribution in [-0.4, -0.2) is 26.6 Å². The number of alkyl halides is 2. The summed E-state index contributed by atoms with van der Waals surface area (Å²) in [5.41, 5.74) is 0. The molecule has 0 aromatic carbocycles. The van der Waals surface area contributed by atoms with Gasteiger partial charge in [-0.25, -0.2) is 8.78 Å². The monoisotopic (exact) mass is 284 g/mol. The smallest absolute Gasteiger partial charge is 0.248 e. The maximum Gasteiger partial charge on any atom is 0.248 e. The molecule has 2 aliphatic carbocycles. The topological polar surface area (TPSA) is 59.8 Å². The van der Waals surface area contributed by atoms with Gasteiger partial charge in [0.1, 0.15) is 6.33 Å². The standard InChI is InChI=1S/C13H18F2N4O/c14-13(15)5-1-2-9(6-13)12(20)16-7-11-18-17-8-19(11)10-3-4-10/h8-10H,1-7H2,(H,16,20). The molecule has 2 saturated carbocycles. The molecular formula is C13H18F2N4O. The van der Waals surface area contributed by atoms with Gasteiger partial charge in [0, 0.05) is 24.8 Å². The van der Waals surface area contributed by atoms with Crippen LogP contribution in [0.1, 0.15) is 50.4 Å². The van der Waals surface area contributed by atoms with Crippen LogP contribution in [0, 0.1) is 5.92 Å². The van der Waals surface area contributed by atoms with E-state index in [0.29, 0.717) is 24.7 Å². The summed E-state index contributed by atoms with van der Waals surface area (Å²) in [5.74, 6) is -2.89. The van der Waals surface area contributed by atoms with Gasteiger partial charge < -0.3 is 9.88 Å². The number of amides is 1. The zero-order chi connectivity index (χ0) is 14.2. The fraction of sp³-hybridized carbons (Fsp3) is 0.769. The first-order valence-corrected chi connectivity index (χ1v) is 7.09. The van der Waals surface area contributed by atoms with E-state index < -0.39 is 11.8 Å². The van der Waals surface area contributed by atoms with E-state index in [1.165, 1.54) is 0 Å². The van der Waals surface area contributed by atoms with E-state index in [1.54, 1.807) is 6.33 Å². The van der Waals surface area contributed by atoms with Gasteiger partial charge in [-0.15, -0.1) is 10.2 Å². The van der Waals surface area contributed by atoms with Gasteiger partial charge in [-0.05, 0) is 25.7 Å². The van der Waals surface area contributed by atoms with Crippen LogP contribution in [0.3, 0.4) is 0 Å². The van der Waals surface area contributed by atoms with Crippen molar-refractivity contribution in [1.29, 1.82) is 0 Å². The van der Waals surface area contributed by atoms with Crippen LogP contribution in [0.25, 0.3) is 0 Å². The number of rotatable bonds is 4. The molecule has 0 radical (unpaired) electrons. The Bertz CT molecular complexity index is 498. The Morgan fingerprint density at radius 1 is 1.45 bits per heavy atom. The molecule has 1 unspecified atom stereocenters. The van der Waals surface area contributed by atoms with E-state index in [2.05, 4.69) is 15.5 Å². The van der Waals surface area contributed by atoms with Crippen LogP contribution < -0.4 is 5.32 Å². The minimum Gasteiger partial charge on any atom is -0.349 e. The van der Waals surface area contributed by atoms with Crippen molar-refractivity contribution in [2.45, 2.75) is 57.0 Å². The van der Waals surface area contributed by atoms with Crippen LogP contribution in [0.15, 0.2) is 6.33 Å². The van der Waals surface area contributed by atoms with Crippen molar-refractivity contribution in [3.63, 3.8) is 0 Å². The van der Waals surface area contributed by atoms with Crippen LogP contribution in [0.2, 0.25) is 0 Å². The summed E-state index contributed by atoms with van der Waals surface area (Å²) in [6, 6.07) is 0.441.